The summed E-state index contributed by atoms with van der Waals surface area (Å²) >= 11 is 11.9. The summed E-state index contributed by atoms with van der Waals surface area (Å²) in [4.78, 5) is 4.83. The number of aromatic nitrogens is 3. The van der Waals surface area contributed by atoms with E-state index in [4.69, 9.17) is 27.9 Å². The highest BCUT2D eigenvalue weighted by molar-refractivity contribution is 7.89. The summed E-state index contributed by atoms with van der Waals surface area (Å²) in [6, 6.07) is 12.2. The van der Waals surface area contributed by atoms with Gasteiger partial charge >= 0.3 is 6.01 Å². The number of nitrogens with one attached hydrogen (secondary N) is 1. The average molecular weight is 568 g/mol. The molecule has 1 aliphatic rings. The van der Waals surface area contributed by atoms with E-state index in [2.05, 4.69) is 44.6 Å². The van der Waals surface area contributed by atoms with Crippen LogP contribution in [0.4, 0.5) is 5.69 Å². The van der Waals surface area contributed by atoms with E-state index in [1.165, 1.54) is 18.2 Å². The summed E-state index contributed by atoms with van der Waals surface area (Å²) < 4.78 is 36.3. The first-order chi connectivity index (χ1) is 17.6. The van der Waals surface area contributed by atoms with Gasteiger partial charge in [-0.15, -0.1) is 5.10 Å². The second-order valence-corrected chi connectivity index (χ2v) is 11.7. The molecule has 0 saturated carbocycles. The molecule has 1 saturated heterocycles. The fraction of sp³-hybridized carbons (Fsp3) is 0.440. The number of hydrogen-bond acceptors (Lipinski definition) is 7. The van der Waals surface area contributed by atoms with E-state index in [1.54, 1.807) is 11.5 Å². The third-order valence-corrected chi connectivity index (χ3v) is 8.70. The standard InChI is InChI=1S/C25H32Cl2N6O3S/c1-5-33-24(18(4)30-37(34,35)21-9-10-22(26)23(27)16-21)28-29-25(33)36-20-8-6-7-19(15-20)32-13-11-31(12-14-32)17(2)3/h6-10,15-18,30H,5,11-14H2,1-4H3/t18-/m1/s1. The molecule has 0 amide bonds. The van der Waals surface area contributed by atoms with Crippen molar-refractivity contribution in [1.82, 2.24) is 24.4 Å². The predicted octanol–water partition coefficient (Wildman–Crippen LogP) is 4.97. The normalized spacial score (nSPS) is 15.8. The molecular formula is C25H32Cl2N6O3S. The van der Waals surface area contributed by atoms with Gasteiger partial charge in [-0.1, -0.05) is 34.4 Å². The molecule has 37 heavy (non-hydrogen) atoms. The van der Waals surface area contributed by atoms with Crippen molar-refractivity contribution in [2.24, 2.45) is 0 Å². The minimum atomic E-state index is -3.87. The molecule has 1 fully saturated rings. The van der Waals surface area contributed by atoms with Crippen LogP contribution in [0.2, 0.25) is 10.0 Å². The Kier molecular flexibility index (Phi) is 8.65. The number of benzene rings is 2. The smallest absolute Gasteiger partial charge is 0.322 e. The molecule has 2 aromatic carbocycles. The van der Waals surface area contributed by atoms with E-state index in [1.807, 2.05) is 25.1 Å². The molecule has 0 bridgehead atoms. The van der Waals surface area contributed by atoms with Crippen LogP contribution in [0.1, 0.15) is 39.6 Å². The van der Waals surface area contributed by atoms with Crippen molar-refractivity contribution in [3.05, 3.63) is 58.3 Å². The Bertz CT molecular complexity index is 1340. The fourth-order valence-electron chi connectivity index (χ4n) is 4.34. The summed E-state index contributed by atoms with van der Waals surface area (Å²) in [5.74, 6) is 1.07. The van der Waals surface area contributed by atoms with E-state index < -0.39 is 16.1 Å². The molecule has 0 aliphatic carbocycles. The summed E-state index contributed by atoms with van der Waals surface area (Å²) in [6.45, 7) is 12.5. The monoisotopic (exact) mass is 566 g/mol. The summed E-state index contributed by atoms with van der Waals surface area (Å²) in [5.41, 5.74) is 1.09. The van der Waals surface area contributed by atoms with Crippen LogP contribution in [0.5, 0.6) is 11.8 Å². The molecule has 200 valence electrons. The van der Waals surface area contributed by atoms with Crippen molar-refractivity contribution in [1.29, 1.82) is 0 Å². The van der Waals surface area contributed by atoms with Crippen LogP contribution < -0.4 is 14.4 Å². The third kappa shape index (κ3) is 6.38. The highest BCUT2D eigenvalue weighted by atomic mass is 35.5. The van der Waals surface area contributed by atoms with Gasteiger partial charge in [0.05, 0.1) is 21.0 Å². The first-order valence-corrected chi connectivity index (χ1v) is 14.5. The van der Waals surface area contributed by atoms with Gasteiger partial charge in [-0.05, 0) is 58.0 Å². The van der Waals surface area contributed by atoms with Crippen molar-refractivity contribution in [3.8, 4) is 11.8 Å². The Morgan fingerprint density at radius 1 is 1.00 bits per heavy atom. The summed E-state index contributed by atoms with van der Waals surface area (Å²) in [5, 5.41) is 8.87. The molecule has 1 aromatic heterocycles. The zero-order valence-corrected chi connectivity index (χ0v) is 23.7. The largest absolute Gasteiger partial charge is 0.424 e. The molecule has 1 N–H and O–H groups in total. The van der Waals surface area contributed by atoms with Gasteiger partial charge in [-0.2, -0.15) is 0 Å². The minimum Gasteiger partial charge on any atom is -0.424 e. The second-order valence-electron chi connectivity index (χ2n) is 9.22. The highest BCUT2D eigenvalue weighted by Crippen LogP contribution is 2.29. The van der Waals surface area contributed by atoms with Crippen LogP contribution >= 0.6 is 23.2 Å². The number of ether oxygens (including phenoxy) is 1. The van der Waals surface area contributed by atoms with Gasteiger partial charge in [0.15, 0.2) is 5.82 Å². The maximum atomic E-state index is 12.9. The lowest BCUT2D eigenvalue weighted by molar-refractivity contribution is 0.209. The number of nitrogens with zero attached hydrogens (tertiary/aromatic N) is 5. The van der Waals surface area contributed by atoms with Gasteiger partial charge in [-0.3, -0.25) is 9.47 Å². The minimum absolute atomic E-state index is 0.0128. The maximum Gasteiger partial charge on any atom is 0.322 e. The predicted molar refractivity (Wildman–Crippen MR) is 146 cm³/mol. The van der Waals surface area contributed by atoms with Crippen molar-refractivity contribution in [3.63, 3.8) is 0 Å². The van der Waals surface area contributed by atoms with E-state index in [0.29, 0.717) is 30.2 Å². The molecule has 3 aromatic rings. The fourth-order valence-corrected chi connectivity index (χ4v) is 5.93. The molecule has 1 aliphatic heterocycles. The van der Waals surface area contributed by atoms with Crippen LogP contribution in [0.3, 0.4) is 0 Å². The van der Waals surface area contributed by atoms with E-state index in [0.717, 1.165) is 31.9 Å². The molecule has 9 nitrogen and oxygen atoms in total. The van der Waals surface area contributed by atoms with Crippen LogP contribution in [0.15, 0.2) is 47.4 Å². The average Bonchev–Trinajstić information content (AvgIpc) is 3.28. The molecule has 0 unspecified atom stereocenters. The zero-order chi connectivity index (χ0) is 26.7. The third-order valence-electron chi connectivity index (χ3n) is 6.42. The van der Waals surface area contributed by atoms with Crippen LogP contribution in [-0.4, -0.2) is 60.3 Å². The molecule has 0 spiro atoms. The van der Waals surface area contributed by atoms with Crippen LogP contribution in [0.25, 0.3) is 0 Å². The number of halogens is 2. The van der Waals surface area contributed by atoms with Crippen LogP contribution in [0, 0.1) is 0 Å². The lowest BCUT2D eigenvalue weighted by atomic mass is 10.2. The molecule has 0 radical (unpaired) electrons. The summed E-state index contributed by atoms with van der Waals surface area (Å²) in [7, 11) is -3.87. The van der Waals surface area contributed by atoms with Gasteiger partial charge in [-0.25, -0.2) is 13.1 Å². The van der Waals surface area contributed by atoms with Crippen molar-refractivity contribution in [2.45, 2.75) is 51.2 Å². The van der Waals surface area contributed by atoms with Gasteiger partial charge in [0.1, 0.15) is 5.75 Å². The SMILES string of the molecule is CCn1c(Oc2cccc(N3CCN(C(C)C)CC3)c2)nnc1[C@@H](C)NS(=O)(=O)c1ccc(Cl)c(Cl)c1. The Morgan fingerprint density at radius 2 is 1.73 bits per heavy atom. The first kappa shape index (κ1) is 27.7. The van der Waals surface area contributed by atoms with Crippen molar-refractivity contribution >= 4 is 38.9 Å². The van der Waals surface area contributed by atoms with E-state index in [-0.39, 0.29) is 14.9 Å². The lowest BCUT2D eigenvalue weighted by Crippen LogP contribution is -2.48. The lowest BCUT2D eigenvalue weighted by Gasteiger charge is -2.38. The highest BCUT2D eigenvalue weighted by Gasteiger charge is 2.25. The van der Waals surface area contributed by atoms with Gasteiger partial charge in [0, 0.05) is 50.5 Å². The topological polar surface area (TPSA) is 92.6 Å². The van der Waals surface area contributed by atoms with Crippen molar-refractivity contribution in [2.75, 3.05) is 31.1 Å². The number of piperazine rings is 1. The van der Waals surface area contributed by atoms with Crippen molar-refractivity contribution < 1.29 is 13.2 Å². The number of hydrogen-bond donors (Lipinski definition) is 1. The quantitative estimate of drug-likeness (QED) is 0.391. The molecule has 4 rings (SSSR count). The van der Waals surface area contributed by atoms with Gasteiger partial charge < -0.3 is 9.64 Å². The second kappa shape index (κ2) is 11.6. The Hall–Kier alpha value is -2.37. The molecule has 12 heteroatoms. The number of sulfonamides is 1. The van der Waals surface area contributed by atoms with Gasteiger partial charge in [0.25, 0.3) is 0 Å². The zero-order valence-electron chi connectivity index (χ0n) is 21.4. The Morgan fingerprint density at radius 3 is 2.38 bits per heavy atom. The van der Waals surface area contributed by atoms with E-state index >= 15 is 0 Å². The first-order valence-electron chi connectivity index (χ1n) is 12.3. The van der Waals surface area contributed by atoms with E-state index in [9.17, 15) is 8.42 Å². The Labute approximate surface area is 228 Å². The molecule has 1 atom stereocenters. The molecule has 2 heterocycles. The van der Waals surface area contributed by atoms with Gasteiger partial charge in [0.2, 0.25) is 10.0 Å². The Balaban J connectivity index is 1.48. The molecular weight excluding hydrogens is 535 g/mol. The maximum absolute atomic E-state index is 12.9. The number of anilines is 1. The number of rotatable bonds is 9. The van der Waals surface area contributed by atoms with Crippen LogP contribution in [-0.2, 0) is 16.6 Å². The summed E-state index contributed by atoms with van der Waals surface area (Å²) in [6.07, 6.45) is 0.